The second kappa shape index (κ2) is 8.31. The molecular weight excluding hydrogens is 356 g/mol. The van der Waals surface area contributed by atoms with E-state index in [0.29, 0.717) is 19.4 Å². The molecule has 3 rings (SSSR count). The number of aryl methyl sites for hydroxylation is 1. The first-order valence-electron chi connectivity index (χ1n) is 10.1. The van der Waals surface area contributed by atoms with Crippen LogP contribution in [0.4, 0.5) is 4.79 Å². The molecule has 152 valence electrons. The van der Waals surface area contributed by atoms with Crippen molar-refractivity contribution in [3.63, 3.8) is 0 Å². The molecule has 1 unspecified atom stereocenters. The number of rotatable bonds is 6. The van der Waals surface area contributed by atoms with Gasteiger partial charge in [0.05, 0.1) is 6.04 Å². The SMILES string of the molecule is CCc1ccc(C2CNCCN2C(=O)CCCN2C(=O)NC(C)(C)C2=O)cc1. The first-order valence-corrected chi connectivity index (χ1v) is 10.1. The lowest BCUT2D eigenvalue weighted by Gasteiger charge is -2.37. The fourth-order valence-corrected chi connectivity index (χ4v) is 3.83. The molecule has 2 aliphatic rings. The zero-order valence-corrected chi connectivity index (χ0v) is 17.0. The topological polar surface area (TPSA) is 81.8 Å². The quantitative estimate of drug-likeness (QED) is 0.731. The van der Waals surface area contributed by atoms with Crippen LogP contribution in [-0.2, 0) is 16.0 Å². The normalized spacial score (nSPS) is 21.8. The van der Waals surface area contributed by atoms with Gasteiger partial charge >= 0.3 is 6.03 Å². The molecule has 0 aliphatic carbocycles. The van der Waals surface area contributed by atoms with Crippen molar-refractivity contribution in [3.05, 3.63) is 35.4 Å². The highest BCUT2D eigenvalue weighted by molar-refractivity contribution is 6.06. The van der Waals surface area contributed by atoms with E-state index in [2.05, 4.69) is 41.8 Å². The Labute approximate surface area is 166 Å². The number of hydrogen-bond acceptors (Lipinski definition) is 4. The van der Waals surface area contributed by atoms with Crippen LogP contribution in [0.5, 0.6) is 0 Å². The fraction of sp³-hybridized carbons (Fsp3) is 0.571. The van der Waals surface area contributed by atoms with Gasteiger partial charge in [0.25, 0.3) is 5.91 Å². The zero-order valence-electron chi connectivity index (χ0n) is 17.0. The van der Waals surface area contributed by atoms with Crippen molar-refractivity contribution < 1.29 is 14.4 Å². The van der Waals surface area contributed by atoms with Gasteiger partial charge in [-0.15, -0.1) is 0 Å². The predicted octanol–water partition coefficient (Wildman–Crippen LogP) is 1.83. The van der Waals surface area contributed by atoms with Crippen LogP contribution in [0.15, 0.2) is 24.3 Å². The van der Waals surface area contributed by atoms with Gasteiger partial charge in [0.1, 0.15) is 5.54 Å². The average molecular weight is 386 g/mol. The third kappa shape index (κ3) is 4.19. The van der Waals surface area contributed by atoms with Crippen LogP contribution >= 0.6 is 0 Å². The lowest BCUT2D eigenvalue weighted by atomic mass is 10.0. The van der Waals surface area contributed by atoms with Gasteiger partial charge in [0.15, 0.2) is 0 Å². The van der Waals surface area contributed by atoms with Gasteiger partial charge in [0.2, 0.25) is 5.91 Å². The molecule has 2 heterocycles. The standard InChI is InChI=1S/C21H30N4O3/c1-4-15-7-9-16(10-8-15)17-14-22-11-13-24(17)18(26)6-5-12-25-19(27)21(2,3)23-20(25)28/h7-10,17,22H,4-6,11-14H2,1-3H3,(H,23,28). The fourth-order valence-electron chi connectivity index (χ4n) is 3.83. The van der Waals surface area contributed by atoms with Crippen LogP contribution in [0.2, 0.25) is 0 Å². The molecule has 4 amide bonds. The highest BCUT2D eigenvalue weighted by atomic mass is 16.2. The van der Waals surface area contributed by atoms with Crippen molar-refractivity contribution in [3.8, 4) is 0 Å². The average Bonchev–Trinajstić information content (AvgIpc) is 2.89. The number of imide groups is 1. The predicted molar refractivity (Wildman–Crippen MR) is 107 cm³/mol. The third-order valence-corrected chi connectivity index (χ3v) is 5.55. The Morgan fingerprint density at radius 1 is 1.21 bits per heavy atom. The molecule has 2 N–H and O–H groups in total. The highest BCUT2D eigenvalue weighted by Gasteiger charge is 2.43. The maximum Gasteiger partial charge on any atom is 0.325 e. The minimum Gasteiger partial charge on any atom is -0.333 e. The van der Waals surface area contributed by atoms with E-state index in [9.17, 15) is 14.4 Å². The maximum absolute atomic E-state index is 12.9. The van der Waals surface area contributed by atoms with E-state index < -0.39 is 5.54 Å². The van der Waals surface area contributed by atoms with Crippen molar-refractivity contribution in [2.75, 3.05) is 26.2 Å². The molecular formula is C21H30N4O3. The van der Waals surface area contributed by atoms with Crippen molar-refractivity contribution in [2.24, 2.45) is 0 Å². The van der Waals surface area contributed by atoms with E-state index in [0.717, 1.165) is 25.1 Å². The number of hydrogen-bond donors (Lipinski definition) is 2. The van der Waals surface area contributed by atoms with Gasteiger partial charge in [-0.2, -0.15) is 0 Å². The van der Waals surface area contributed by atoms with Crippen LogP contribution in [0, 0.1) is 0 Å². The van der Waals surface area contributed by atoms with E-state index in [4.69, 9.17) is 0 Å². The van der Waals surface area contributed by atoms with Gasteiger partial charge in [-0.25, -0.2) is 4.79 Å². The Kier molecular flexibility index (Phi) is 6.03. The smallest absolute Gasteiger partial charge is 0.325 e. The van der Waals surface area contributed by atoms with Crippen LogP contribution in [0.1, 0.15) is 50.8 Å². The Morgan fingerprint density at radius 2 is 1.93 bits per heavy atom. The highest BCUT2D eigenvalue weighted by Crippen LogP contribution is 2.24. The summed E-state index contributed by atoms with van der Waals surface area (Å²) in [6.07, 6.45) is 1.78. The molecule has 7 nitrogen and oxygen atoms in total. The largest absolute Gasteiger partial charge is 0.333 e. The van der Waals surface area contributed by atoms with Gasteiger partial charge < -0.3 is 15.5 Å². The summed E-state index contributed by atoms with van der Waals surface area (Å²) in [5.74, 6) is -0.168. The van der Waals surface area contributed by atoms with E-state index in [-0.39, 0.29) is 30.4 Å². The lowest BCUT2D eigenvalue weighted by Crippen LogP contribution is -2.48. The van der Waals surface area contributed by atoms with Gasteiger partial charge in [-0.1, -0.05) is 31.2 Å². The van der Waals surface area contributed by atoms with Crippen LogP contribution < -0.4 is 10.6 Å². The summed E-state index contributed by atoms with van der Waals surface area (Å²) in [6, 6.07) is 8.08. The summed E-state index contributed by atoms with van der Waals surface area (Å²) in [4.78, 5) is 40.2. The van der Waals surface area contributed by atoms with E-state index >= 15 is 0 Å². The van der Waals surface area contributed by atoms with Crippen molar-refractivity contribution in [1.82, 2.24) is 20.4 Å². The molecule has 0 saturated carbocycles. The van der Waals surface area contributed by atoms with E-state index in [1.807, 2.05) is 4.90 Å². The molecule has 1 aromatic carbocycles. The molecule has 0 bridgehead atoms. The summed E-state index contributed by atoms with van der Waals surface area (Å²) in [5, 5.41) is 6.03. The molecule has 0 spiro atoms. The molecule has 7 heteroatoms. The molecule has 28 heavy (non-hydrogen) atoms. The van der Waals surface area contributed by atoms with E-state index in [1.54, 1.807) is 13.8 Å². The van der Waals surface area contributed by atoms with Gasteiger partial charge in [0, 0.05) is 32.6 Å². The number of piperazine rings is 1. The van der Waals surface area contributed by atoms with Crippen LogP contribution in [0.3, 0.4) is 0 Å². The number of carbonyl (C=O) groups excluding carboxylic acids is 3. The third-order valence-electron chi connectivity index (χ3n) is 5.55. The number of carbonyl (C=O) groups is 3. The molecule has 2 fully saturated rings. The summed E-state index contributed by atoms with van der Waals surface area (Å²) in [7, 11) is 0. The first-order chi connectivity index (χ1) is 13.3. The zero-order chi connectivity index (χ0) is 20.3. The number of nitrogens with zero attached hydrogens (tertiary/aromatic N) is 2. The van der Waals surface area contributed by atoms with E-state index in [1.165, 1.54) is 10.5 Å². The number of urea groups is 1. The maximum atomic E-state index is 12.9. The summed E-state index contributed by atoms with van der Waals surface area (Å²) < 4.78 is 0. The van der Waals surface area contributed by atoms with Crippen molar-refractivity contribution >= 4 is 17.8 Å². The first kappa shape index (κ1) is 20.3. The number of benzene rings is 1. The minimum atomic E-state index is -0.866. The minimum absolute atomic E-state index is 0.0165. The van der Waals surface area contributed by atoms with Crippen molar-refractivity contribution in [1.29, 1.82) is 0 Å². The lowest BCUT2D eigenvalue weighted by molar-refractivity contribution is -0.135. The summed E-state index contributed by atoms with van der Waals surface area (Å²) in [6.45, 7) is 7.94. The van der Waals surface area contributed by atoms with Gasteiger partial charge in [-0.05, 0) is 37.8 Å². The monoisotopic (exact) mass is 386 g/mol. The Bertz CT molecular complexity index is 745. The summed E-state index contributed by atoms with van der Waals surface area (Å²) >= 11 is 0. The Morgan fingerprint density at radius 3 is 2.54 bits per heavy atom. The molecule has 0 radical (unpaired) electrons. The Hall–Kier alpha value is -2.41. The molecule has 1 atom stereocenters. The van der Waals surface area contributed by atoms with Gasteiger partial charge in [-0.3, -0.25) is 14.5 Å². The molecule has 2 aliphatic heterocycles. The number of amides is 4. The second-order valence-electron chi connectivity index (χ2n) is 8.02. The summed E-state index contributed by atoms with van der Waals surface area (Å²) in [5.41, 5.74) is 1.55. The molecule has 1 aromatic rings. The second-order valence-corrected chi connectivity index (χ2v) is 8.02. The van der Waals surface area contributed by atoms with Crippen molar-refractivity contribution in [2.45, 2.75) is 51.6 Å². The van der Waals surface area contributed by atoms with Crippen LogP contribution in [0.25, 0.3) is 0 Å². The Balaban J connectivity index is 1.59. The molecule has 0 aromatic heterocycles. The number of nitrogens with one attached hydrogen (secondary N) is 2. The molecule has 2 saturated heterocycles. The van der Waals surface area contributed by atoms with Crippen LogP contribution in [-0.4, -0.2) is 59.4 Å².